The van der Waals surface area contributed by atoms with Crippen molar-refractivity contribution in [1.29, 1.82) is 0 Å². The lowest BCUT2D eigenvalue weighted by atomic mass is 10.3. The maximum atomic E-state index is 10.6. The predicted molar refractivity (Wildman–Crippen MR) is 38.4 cm³/mol. The lowest BCUT2D eigenvalue weighted by molar-refractivity contribution is 0.183. The van der Waals surface area contributed by atoms with Gasteiger partial charge >= 0.3 is 0 Å². The average molecular weight is 185 g/mol. The standard InChI is InChI=1S/C5H9ClO3S/c6-10(8,9)5-2-1-4(7)3-5/h4-5,7H,1-3H2/t4-,5+/m1/s1. The summed E-state index contributed by atoms with van der Waals surface area (Å²) in [6, 6.07) is 0. The Kier molecular flexibility index (Phi) is 2.22. The molecule has 1 aliphatic carbocycles. The van der Waals surface area contributed by atoms with Crippen molar-refractivity contribution in [2.24, 2.45) is 0 Å². The Balaban J connectivity index is 2.62. The topological polar surface area (TPSA) is 54.4 Å². The molecule has 1 saturated carbocycles. The minimum Gasteiger partial charge on any atom is -0.393 e. The molecule has 60 valence electrons. The highest BCUT2D eigenvalue weighted by Gasteiger charge is 2.31. The van der Waals surface area contributed by atoms with Crippen molar-refractivity contribution in [3.63, 3.8) is 0 Å². The lowest BCUT2D eigenvalue weighted by Gasteiger charge is -2.01. The van der Waals surface area contributed by atoms with E-state index < -0.39 is 20.4 Å². The van der Waals surface area contributed by atoms with Gasteiger partial charge in [-0.25, -0.2) is 8.42 Å². The van der Waals surface area contributed by atoms with E-state index >= 15 is 0 Å². The van der Waals surface area contributed by atoms with Crippen LogP contribution in [0, 0.1) is 0 Å². The molecule has 2 atom stereocenters. The Labute approximate surface area is 64.4 Å². The Morgan fingerprint density at radius 1 is 1.40 bits per heavy atom. The fourth-order valence-corrected chi connectivity index (χ4v) is 2.53. The predicted octanol–water partition coefficient (Wildman–Crippen LogP) is 0.468. The molecule has 3 nitrogen and oxygen atoms in total. The average Bonchev–Trinajstić information content (AvgIpc) is 2.11. The van der Waals surface area contributed by atoms with Gasteiger partial charge < -0.3 is 5.11 Å². The highest BCUT2D eigenvalue weighted by atomic mass is 35.7. The van der Waals surface area contributed by atoms with E-state index in [4.69, 9.17) is 15.8 Å². The number of hydrogen-bond acceptors (Lipinski definition) is 3. The van der Waals surface area contributed by atoms with Gasteiger partial charge in [-0.05, 0) is 19.3 Å². The molecule has 0 radical (unpaired) electrons. The van der Waals surface area contributed by atoms with Crippen molar-refractivity contribution in [1.82, 2.24) is 0 Å². The smallest absolute Gasteiger partial charge is 0.235 e. The van der Waals surface area contributed by atoms with E-state index in [0.717, 1.165) is 0 Å². The molecule has 0 aromatic heterocycles. The summed E-state index contributed by atoms with van der Waals surface area (Å²) in [4.78, 5) is 0. The maximum Gasteiger partial charge on any atom is 0.235 e. The molecule has 0 aromatic carbocycles. The molecule has 0 spiro atoms. The van der Waals surface area contributed by atoms with Crippen LogP contribution in [0.5, 0.6) is 0 Å². The first-order valence-electron chi connectivity index (χ1n) is 3.11. The highest BCUT2D eigenvalue weighted by Crippen LogP contribution is 2.27. The van der Waals surface area contributed by atoms with Crippen LogP contribution in [-0.2, 0) is 9.05 Å². The second-order valence-corrected chi connectivity index (χ2v) is 5.47. The fourth-order valence-electron chi connectivity index (χ4n) is 1.17. The van der Waals surface area contributed by atoms with Gasteiger partial charge in [-0.2, -0.15) is 0 Å². The number of aliphatic hydroxyl groups is 1. The van der Waals surface area contributed by atoms with Gasteiger partial charge in [0.1, 0.15) is 0 Å². The van der Waals surface area contributed by atoms with Crippen LogP contribution in [0.3, 0.4) is 0 Å². The molecule has 0 bridgehead atoms. The summed E-state index contributed by atoms with van der Waals surface area (Å²) in [5.41, 5.74) is 0. The molecule has 5 heteroatoms. The fraction of sp³-hybridized carbons (Fsp3) is 1.00. The molecule has 0 aliphatic heterocycles. The number of halogens is 1. The first kappa shape index (κ1) is 8.30. The van der Waals surface area contributed by atoms with Gasteiger partial charge in [0.25, 0.3) is 0 Å². The van der Waals surface area contributed by atoms with Crippen LogP contribution in [0.4, 0.5) is 0 Å². The number of hydrogen-bond donors (Lipinski definition) is 1. The third-order valence-corrected chi connectivity index (χ3v) is 3.74. The molecule has 1 rings (SSSR count). The highest BCUT2D eigenvalue weighted by molar-refractivity contribution is 8.14. The molecule has 0 unspecified atom stereocenters. The summed E-state index contributed by atoms with van der Waals surface area (Å²) >= 11 is 0. The van der Waals surface area contributed by atoms with Crippen LogP contribution in [-0.4, -0.2) is 24.9 Å². The van der Waals surface area contributed by atoms with Crippen molar-refractivity contribution >= 4 is 19.7 Å². The third-order valence-electron chi connectivity index (χ3n) is 1.75. The van der Waals surface area contributed by atoms with Gasteiger partial charge in [0.15, 0.2) is 0 Å². The Morgan fingerprint density at radius 3 is 2.20 bits per heavy atom. The zero-order valence-corrected chi connectivity index (χ0v) is 6.90. The largest absolute Gasteiger partial charge is 0.393 e. The zero-order valence-electron chi connectivity index (χ0n) is 5.33. The molecule has 1 aliphatic rings. The van der Waals surface area contributed by atoms with E-state index in [1.54, 1.807) is 0 Å². The van der Waals surface area contributed by atoms with Crippen molar-refractivity contribution in [2.75, 3.05) is 0 Å². The van der Waals surface area contributed by atoms with Gasteiger partial charge in [0, 0.05) is 10.7 Å². The summed E-state index contributed by atoms with van der Waals surface area (Å²) in [5, 5.41) is 8.42. The SMILES string of the molecule is O=S(=O)(Cl)[C@H]1CC[C@@H](O)C1. The molecule has 0 aromatic rings. The van der Waals surface area contributed by atoms with Gasteiger partial charge in [0.2, 0.25) is 9.05 Å². The molecular formula is C5H9ClO3S. The van der Waals surface area contributed by atoms with Crippen LogP contribution >= 0.6 is 10.7 Å². The van der Waals surface area contributed by atoms with E-state index in [1.165, 1.54) is 0 Å². The van der Waals surface area contributed by atoms with Gasteiger partial charge in [-0.3, -0.25) is 0 Å². The van der Waals surface area contributed by atoms with Crippen molar-refractivity contribution in [2.45, 2.75) is 30.6 Å². The van der Waals surface area contributed by atoms with Crippen molar-refractivity contribution < 1.29 is 13.5 Å². The third kappa shape index (κ3) is 1.84. The molecule has 1 fully saturated rings. The zero-order chi connectivity index (χ0) is 7.78. The van der Waals surface area contributed by atoms with Crippen LogP contribution < -0.4 is 0 Å². The van der Waals surface area contributed by atoms with Crippen LogP contribution in [0.25, 0.3) is 0 Å². The monoisotopic (exact) mass is 184 g/mol. The summed E-state index contributed by atoms with van der Waals surface area (Å²) in [6.45, 7) is 0. The van der Waals surface area contributed by atoms with Crippen LogP contribution in [0.15, 0.2) is 0 Å². The molecular weight excluding hydrogens is 176 g/mol. The van der Waals surface area contributed by atoms with E-state index in [0.29, 0.717) is 19.3 Å². The Hall–Kier alpha value is 0.200. The summed E-state index contributed by atoms with van der Waals surface area (Å²) in [7, 11) is 1.64. The van der Waals surface area contributed by atoms with Gasteiger partial charge in [0.05, 0.1) is 11.4 Å². The Bertz CT molecular complexity index is 211. The van der Waals surface area contributed by atoms with Gasteiger partial charge in [-0.15, -0.1) is 0 Å². The number of aliphatic hydroxyl groups excluding tert-OH is 1. The molecule has 0 heterocycles. The van der Waals surface area contributed by atoms with E-state index in [9.17, 15) is 8.42 Å². The second kappa shape index (κ2) is 2.68. The molecule has 0 saturated heterocycles. The second-order valence-electron chi connectivity index (χ2n) is 2.56. The summed E-state index contributed by atoms with van der Waals surface area (Å²) in [5.74, 6) is 0. The minimum atomic E-state index is -3.42. The van der Waals surface area contributed by atoms with Crippen LogP contribution in [0.2, 0.25) is 0 Å². The van der Waals surface area contributed by atoms with Crippen molar-refractivity contribution in [3.05, 3.63) is 0 Å². The summed E-state index contributed by atoms with van der Waals surface area (Å²) in [6.07, 6.45) is 0.869. The first-order chi connectivity index (χ1) is 4.50. The van der Waals surface area contributed by atoms with E-state index in [-0.39, 0.29) is 0 Å². The quantitative estimate of drug-likeness (QED) is 0.603. The van der Waals surface area contributed by atoms with Gasteiger partial charge in [-0.1, -0.05) is 0 Å². The first-order valence-corrected chi connectivity index (χ1v) is 5.49. The Morgan fingerprint density at radius 2 is 2.00 bits per heavy atom. The maximum absolute atomic E-state index is 10.6. The molecule has 1 N–H and O–H groups in total. The summed E-state index contributed by atoms with van der Waals surface area (Å²) < 4.78 is 21.3. The van der Waals surface area contributed by atoms with E-state index in [2.05, 4.69) is 0 Å². The minimum absolute atomic E-state index is 0.297. The van der Waals surface area contributed by atoms with Crippen molar-refractivity contribution in [3.8, 4) is 0 Å². The van der Waals surface area contributed by atoms with E-state index in [1.807, 2.05) is 0 Å². The lowest BCUT2D eigenvalue weighted by Crippen LogP contribution is -2.12. The molecule has 0 amide bonds. The molecule has 10 heavy (non-hydrogen) atoms. The normalized spacial score (nSPS) is 34.6. The van der Waals surface area contributed by atoms with Crippen LogP contribution in [0.1, 0.15) is 19.3 Å². The number of rotatable bonds is 1.